The molecule has 0 aliphatic rings. The van der Waals surface area contributed by atoms with E-state index < -0.39 is 0 Å². The van der Waals surface area contributed by atoms with E-state index in [2.05, 4.69) is 5.32 Å². The minimum Gasteiger partial charge on any atom is -0.496 e. The Morgan fingerprint density at radius 1 is 1.33 bits per heavy atom. The van der Waals surface area contributed by atoms with Crippen LogP contribution in [0.25, 0.3) is 0 Å². The SMILES string of the molecule is CNC(c1cc(Cl)ccc1OC)c1occc1C. The highest BCUT2D eigenvalue weighted by Gasteiger charge is 2.21. The van der Waals surface area contributed by atoms with E-state index in [1.807, 2.05) is 38.2 Å². The molecule has 4 heteroatoms. The van der Waals surface area contributed by atoms with Gasteiger partial charge in [-0.25, -0.2) is 0 Å². The molecule has 0 saturated heterocycles. The molecular formula is C14H16ClNO2. The van der Waals surface area contributed by atoms with Crippen molar-refractivity contribution in [3.63, 3.8) is 0 Å². The highest BCUT2D eigenvalue weighted by Crippen LogP contribution is 2.33. The van der Waals surface area contributed by atoms with E-state index in [0.29, 0.717) is 5.02 Å². The first-order chi connectivity index (χ1) is 8.67. The monoisotopic (exact) mass is 265 g/mol. The Bertz CT molecular complexity index is 536. The van der Waals surface area contributed by atoms with E-state index in [-0.39, 0.29) is 6.04 Å². The smallest absolute Gasteiger partial charge is 0.128 e. The van der Waals surface area contributed by atoms with Gasteiger partial charge in [-0.2, -0.15) is 0 Å². The van der Waals surface area contributed by atoms with Crippen LogP contribution in [0.2, 0.25) is 5.02 Å². The molecule has 0 aliphatic carbocycles. The van der Waals surface area contributed by atoms with Crippen LogP contribution in [0.4, 0.5) is 0 Å². The largest absolute Gasteiger partial charge is 0.496 e. The van der Waals surface area contributed by atoms with Crippen molar-refractivity contribution < 1.29 is 9.15 Å². The first kappa shape index (κ1) is 13.0. The molecule has 1 heterocycles. The Balaban J connectivity index is 2.51. The third-order valence-corrected chi connectivity index (χ3v) is 3.19. The lowest BCUT2D eigenvalue weighted by Gasteiger charge is -2.18. The fraction of sp³-hybridized carbons (Fsp3) is 0.286. The van der Waals surface area contributed by atoms with Crippen molar-refractivity contribution in [1.82, 2.24) is 5.32 Å². The molecule has 3 nitrogen and oxygen atoms in total. The minimum absolute atomic E-state index is 0.0753. The minimum atomic E-state index is -0.0753. The zero-order valence-corrected chi connectivity index (χ0v) is 11.4. The van der Waals surface area contributed by atoms with Crippen molar-refractivity contribution in [2.45, 2.75) is 13.0 Å². The molecule has 0 amide bonds. The van der Waals surface area contributed by atoms with E-state index in [9.17, 15) is 0 Å². The molecule has 0 bridgehead atoms. The predicted octanol–water partition coefficient (Wildman–Crippen LogP) is 3.56. The van der Waals surface area contributed by atoms with E-state index in [1.54, 1.807) is 13.4 Å². The highest BCUT2D eigenvalue weighted by atomic mass is 35.5. The van der Waals surface area contributed by atoms with Gasteiger partial charge >= 0.3 is 0 Å². The summed E-state index contributed by atoms with van der Waals surface area (Å²) < 4.78 is 10.9. The van der Waals surface area contributed by atoms with E-state index in [0.717, 1.165) is 22.6 Å². The fourth-order valence-electron chi connectivity index (χ4n) is 2.04. The molecule has 1 atom stereocenters. The van der Waals surface area contributed by atoms with Crippen molar-refractivity contribution >= 4 is 11.6 Å². The number of benzene rings is 1. The topological polar surface area (TPSA) is 34.4 Å². The van der Waals surface area contributed by atoms with Gasteiger partial charge in [0.2, 0.25) is 0 Å². The Labute approximate surface area is 112 Å². The summed E-state index contributed by atoms with van der Waals surface area (Å²) in [7, 11) is 3.53. The number of hydrogen-bond donors (Lipinski definition) is 1. The quantitative estimate of drug-likeness (QED) is 0.918. The van der Waals surface area contributed by atoms with Gasteiger partial charge in [0.15, 0.2) is 0 Å². The summed E-state index contributed by atoms with van der Waals surface area (Å²) in [6.07, 6.45) is 1.69. The molecular weight excluding hydrogens is 250 g/mol. The molecule has 1 unspecified atom stereocenters. The molecule has 2 rings (SSSR count). The first-order valence-electron chi connectivity index (χ1n) is 5.72. The molecule has 1 N–H and O–H groups in total. The molecule has 2 aromatic rings. The summed E-state index contributed by atoms with van der Waals surface area (Å²) in [6, 6.07) is 7.43. The van der Waals surface area contributed by atoms with Crippen LogP contribution in [-0.4, -0.2) is 14.2 Å². The van der Waals surface area contributed by atoms with Gasteiger partial charge in [0.25, 0.3) is 0 Å². The van der Waals surface area contributed by atoms with Gasteiger partial charge in [0.1, 0.15) is 11.5 Å². The molecule has 0 saturated carbocycles. The van der Waals surface area contributed by atoms with Gasteiger partial charge in [-0.3, -0.25) is 0 Å². The number of rotatable bonds is 4. The summed E-state index contributed by atoms with van der Waals surface area (Å²) in [4.78, 5) is 0. The van der Waals surface area contributed by atoms with Crippen molar-refractivity contribution in [1.29, 1.82) is 0 Å². The second kappa shape index (κ2) is 5.46. The molecule has 0 radical (unpaired) electrons. The van der Waals surface area contributed by atoms with Gasteiger partial charge in [-0.05, 0) is 43.8 Å². The summed E-state index contributed by atoms with van der Waals surface area (Å²) in [5, 5.41) is 3.91. The molecule has 1 aromatic heterocycles. The summed E-state index contributed by atoms with van der Waals surface area (Å²) in [5.74, 6) is 1.66. The zero-order valence-electron chi connectivity index (χ0n) is 10.7. The number of methoxy groups -OCH3 is 1. The van der Waals surface area contributed by atoms with Gasteiger partial charge in [-0.15, -0.1) is 0 Å². The first-order valence-corrected chi connectivity index (χ1v) is 6.10. The highest BCUT2D eigenvalue weighted by molar-refractivity contribution is 6.30. The molecule has 0 fully saturated rings. The number of furan rings is 1. The van der Waals surface area contributed by atoms with Crippen LogP contribution < -0.4 is 10.1 Å². The summed E-state index contributed by atoms with van der Waals surface area (Å²) in [5.41, 5.74) is 2.06. The Hall–Kier alpha value is -1.45. The van der Waals surface area contributed by atoms with Crippen LogP contribution in [0.1, 0.15) is 22.9 Å². The third kappa shape index (κ3) is 2.37. The lowest BCUT2D eigenvalue weighted by atomic mass is 10.0. The molecule has 1 aromatic carbocycles. The van der Waals surface area contributed by atoms with Gasteiger partial charge in [-0.1, -0.05) is 11.6 Å². The lowest BCUT2D eigenvalue weighted by Crippen LogP contribution is -2.18. The second-order valence-corrected chi connectivity index (χ2v) is 4.51. The van der Waals surface area contributed by atoms with Crippen molar-refractivity contribution in [3.8, 4) is 5.75 Å². The number of aryl methyl sites for hydroxylation is 1. The Kier molecular flexibility index (Phi) is 3.94. The standard InChI is InChI=1S/C14H16ClNO2/c1-9-6-7-18-14(9)13(16-2)11-8-10(15)4-5-12(11)17-3/h4-8,13,16H,1-3H3. The van der Waals surface area contributed by atoms with Crippen LogP contribution in [0.15, 0.2) is 34.9 Å². The van der Waals surface area contributed by atoms with E-state index >= 15 is 0 Å². The Morgan fingerprint density at radius 2 is 2.11 bits per heavy atom. The average molecular weight is 266 g/mol. The predicted molar refractivity (Wildman–Crippen MR) is 72.4 cm³/mol. The summed E-state index contributed by atoms with van der Waals surface area (Å²) in [6.45, 7) is 2.01. The molecule has 0 spiro atoms. The van der Waals surface area contributed by atoms with Crippen LogP contribution in [0.3, 0.4) is 0 Å². The molecule has 0 aliphatic heterocycles. The van der Waals surface area contributed by atoms with Crippen molar-refractivity contribution in [3.05, 3.63) is 52.4 Å². The maximum atomic E-state index is 6.06. The third-order valence-electron chi connectivity index (χ3n) is 2.96. The normalized spacial score (nSPS) is 12.4. The number of ether oxygens (including phenoxy) is 1. The Morgan fingerprint density at radius 3 is 2.67 bits per heavy atom. The van der Waals surface area contributed by atoms with Crippen LogP contribution >= 0.6 is 11.6 Å². The second-order valence-electron chi connectivity index (χ2n) is 4.08. The molecule has 18 heavy (non-hydrogen) atoms. The maximum absolute atomic E-state index is 6.06. The maximum Gasteiger partial charge on any atom is 0.128 e. The van der Waals surface area contributed by atoms with Gasteiger partial charge in [0, 0.05) is 10.6 Å². The van der Waals surface area contributed by atoms with Gasteiger partial charge < -0.3 is 14.5 Å². The van der Waals surface area contributed by atoms with Crippen LogP contribution in [0.5, 0.6) is 5.75 Å². The summed E-state index contributed by atoms with van der Waals surface area (Å²) >= 11 is 6.06. The molecule has 96 valence electrons. The van der Waals surface area contributed by atoms with E-state index in [1.165, 1.54) is 0 Å². The lowest BCUT2D eigenvalue weighted by molar-refractivity contribution is 0.396. The number of halogens is 1. The van der Waals surface area contributed by atoms with Crippen LogP contribution in [0, 0.1) is 6.92 Å². The van der Waals surface area contributed by atoms with Crippen molar-refractivity contribution in [2.24, 2.45) is 0 Å². The van der Waals surface area contributed by atoms with Crippen molar-refractivity contribution in [2.75, 3.05) is 14.2 Å². The van der Waals surface area contributed by atoms with E-state index in [4.69, 9.17) is 20.8 Å². The average Bonchev–Trinajstić information content (AvgIpc) is 2.77. The van der Waals surface area contributed by atoms with Crippen LogP contribution in [-0.2, 0) is 0 Å². The zero-order chi connectivity index (χ0) is 13.1. The number of nitrogens with one attached hydrogen (secondary N) is 1. The fourth-order valence-corrected chi connectivity index (χ4v) is 2.22. The number of hydrogen-bond acceptors (Lipinski definition) is 3. The van der Waals surface area contributed by atoms with Gasteiger partial charge in [0.05, 0.1) is 19.4 Å².